The van der Waals surface area contributed by atoms with Crippen LogP contribution in [-0.2, 0) is 4.74 Å². The van der Waals surface area contributed by atoms with Gasteiger partial charge in [-0.1, -0.05) is 6.92 Å². The quantitative estimate of drug-likeness (QED) is 0.760. The number of imidazole rings is 1. The first-order valence-electron chi connectivity index (χ1n) is 8.17. The van der Waals surface area contributed by atoms with E-state index in [1.165, 1.54) is 0 Å². The molecule has 0 unspecified atom stereocenters. The lowest BCUT2D eigenvalue weighted by molar-refractivity contribution is 0.0868. The molecule has 6 heteroatoms. The van der Waals surface area contributed by atoms with Crippen LogP contribution >= 0.6 is 0 Å². The Labute approximate surface area is 131 Å². The Hall–Kier alpha value is -1.66. The Morgan fingerprint density at radius 1 is 1.27 bits per heavy atom. The maximum absolute atomic E-state index is 5.51. The minimum Gasteiger partial charge on any atom is -0.380 e. The maximum atomic E-state index is 5.51. The van der Waals surface area contributed by atoms with Crippen LogP contribution in [0.15, 0.2) is 24.8 Å². The normalized spacial score (nSPS) is 19.9. The molecule has 3 heterocycles. The summed E-state index contributed by atoms with van der Waals surface area (Å²) in [6.07, 6.45) is 8.73. The molecule has 0 aliphatic carbocycles. The number of piperazine rings is 1. The molecule has 6 nitrogen and oxygen atoms in total. The van der Waals surface area contributed by atoms with Gasteiger partial charge in [0.2, 0.25) is 0 Å². The van der Waals surface area contributed by atoms with Crippen LogP contribution in [-0.4, -0.2) is 64.7 Å². The Balaban J connectivity index is 1.71. The van der Waals surface area contributed by atoms with Gasteiger partial charge in [0.25, 0.3) is 0 Å². The van der Waals surface area contributed by atoms with E-state index in [1.807, 2.05) is 25.5 Å². The number of anilines is 1. The zero-order valence-electron chi connectivity index (χ0n) is 13.5. The van der Waals surface area contributed by atoms with E-state index in [2.05, 4.69) is 31.1 Å². The van der Waals surface area contributed by atoms with Crippen LogP contribution in [0, 0.1) is 0 Å². The lowest BCUT2D eigenvalue weighted by atomic mass is 10.1. The van der Waals surface area contributed by atoms with Crippen molar-refractivity contribution in [3.8, 4) is 0 Å². The molecule has 3 rings (SSSR count). The molecule has 0 spiro atoms. The van der Waals surface area contributed by atoms with E-state index in [0.29, 0.717) is 6.04 Å². The summed E-state index contributed by atoms with van der Waals surface area (Å²) in [6.45, 7) is 10.1. The summed E-state index contributed by atoms with van der Waals surface area (Å²) in [7, 11) is 0. The lowest BCUT2D eigenvalue weighted by Crippen LogP contribution is -2.54. The molecule has 0 N–H and O–H groups in total. The van der Waals surface area contributed by atoms with Crippen molar-refractivity contribution in [2.75, 3.05) is 44.3 Å². The van der Waals surface area contributed by atoms with Gasteiger partial charge in [0, 0.05) is 51.2 Å². The second-order valence-electron chi connectivity index (χ2n) is 5.66. The second kappa shape index (κ2) is 7.07. The number of rotatable bonds is 6. The summed E-state index contributed by atoms with van der Waals surface area (Å²) < 4.78 is 7.63. The van der Waals surface area contributed by atoms with E-state index < -0.39 is 0 Å². The number of aromatic nitrogens is 3. The highest BCUT2D eigenvalue weighted by Gasteiger charge is 2.26. The summed E-state index contributed by atoms with van der Waals surface area (Å²) in [5.41, 5.74) is 0.907. The fourth-order valence-electron chi connectivity index (χ4n) is 3.18. The molecule has 1 aliphatic rings. The smallest absolute Gasteiger partial charge is 0.156 e. The van der Waals surface area contributed by atoms with E-state index in [-0.39, 0.29) is 0 Å². The van der Waals surface area contributed by atoms with Gasteiger partial charge < -0.3 is 9.64 Å². The van der Waals surface area contributed by atoms with Gasteiger partial charge in [-0.05, 0) is 13.3 Å². The molecule has 2 aromatic heterocycles. The van der Waals surface area contributed by atoms with E-state index in [9.17, 15) is 0 Å². The molecule has 1 atom stereocenters. The first-order valence-corrected chi connectivity index (χ1v) is 8.17. The standard InChI is InChI=1S/C16H25N5O/c1-3-14-13-20(8-7-19(14)9-10-22-4-2)16-12-17-11-15-18-5-6-21(15)16/h5-6,11-12,14H,3-4,7-10,13H2,1-2H3/t14-/m0/s1. The highest BCUT2D eigenvalue weighted by molar-refractivity contribution is 5.49. The monoisotopic (exact) mass is 303 g/mol. The summed E-state index contributed by atoms with van der Waals surface area (Å²) >= 11 is 0. The first kappa shape index (κ1) is 15.2. The van der Waals surface area contributed by atoms with E-state index in [0.717, 1.165) is 57.3 Å². The summed E-state index contributed by atoms with van der Waals surface area (Å²) in [5, 5.41) is 0. The molecule has 2 aromatic rings. The largest absolute Gasteiger partial charge is 0.380 e. The molecule has 120 valence electrons. The number of hydrogen-bond acceptors (Lipinski definition) is 5. The molecular weight excluding hydrogens is 278 g/mol. The predicted molar refractivity (Wildman–Crippen MR) is 87.3 cm³/mol. The van der Waals surface area contributed by atoms with Gasteiger partial charge in [-0.3, -0.25) is 14.3 Å². The average Bonchev–Trinajstić information content (AvgIpc) is 3.04. The number of nitrogens with zero attached hydrogens (tertiary/aromatic N) is 5. The molecule has 1 aliphatic heterocycles. The van der Waals surface area contributed by atoms with Gasteiger partial charge in [0.1, 0.15) is 5.82 Å². The van der Waals surface area contributed by atoms with Crippen LogP contribution < -0.4 is 4.90 Å². The maximum Gasteiger partial charge on any atom is 0.156 e. The van der Waals surface area contributed by atoms with E-state index in [4.69, 9.17) is 4.74 Å². The molecule has 22 heavy (non-hydrogen) atoms. The fraction of sp³-hybridized carbons (Fsp3) is 0.625. The van der Waals surface area contributed by atoms with Crippen LogP contribution in [0.1, 0.15) is 20.3 Å². The van der Waals surface area contributed by atoms with Crippen molar-refractivity contribution < 1.29 is 4.74 Å². The van der Waals surface area contributed by atoms with Crippen molar-refractivity contribution in [2.24, 2.45) is 0 Å². The van der Waals surface area contributed by atoms with Crippen molar-refractivity contribution in [2.45, 2.75) is 26.3 Å². The molecular formula is C16H25N5O. The third kappa shape index (κ3) is 3.08. The highest BCUT2D eigenvalue weighted by atomic mass is 16.5. The van der Waals surface area contributed by atoms with Crippen LogP contribution in [0.5, 0.6) is 0 Å². The summed E-state index contributed by atoms with van der Waals surface area (Å²) in [6, 6.07) is 0.563. The van der Waals surface area contributed by atoms with Crippen molar-refractivity contribution in [1.29, 1.82) is 0 Å². The van der Waals surface area contributed by atoms with Gasteiger partial charge in [0.05, 0.1) is 19.0 Å². The second-order valence-corrected chi connectivity index (χ2v) is 5.66. The minimum absolute atomic E-state index is 0.563. The van der Waals surface area contributed by atoms with Crippen molar-refractivity contribution in [3.63, 3.8) is 0 Å². The third-order valence-electron chi connectivity index (χ3n) is 4.42. The zero-order valence-corrected chi connectivity index (χ0v) is 13.5. The number of ether oxygens (including phenoxy) is 1. The van der Waals surface area contributed by atoms with Crippen LogP contribution in [0.4, 0.5) is 5.82 Å². The molecule has 0 radical (unpaired) electrons. The van der Waals surface area contributed by atoms with Crippen LogP contribution in [0.2, 0.25) is 0 Å². The average molecular weight is 303 g/mol. The van der Waals surface area contributed by atoms with Crippen molar-refractivity contribution in [1.82, 2.24) is 19.3 Å². The SMILES string of the molecule is CCOCCN1CCN(c2cncc3nccn23)C[C@@H]1CC. The lowest BCUT2D eigenvalue weighted by Gasteiger charge is -2.42. The first-order chi connectivity index (χ1) is 10.8. The topological polar surface area (TPSA) is 45.9 Å². The van der Waals surface area contributed by atoms with Crippen molar-refractivity contribution >= 4 is 11.5 Å². The van der Waals surface area contributed by atoms with Crippen LogP contribution in [0.3, 0.4) is 0 Å². The van der Waals surface area contributed by atoms with E-state index >= 15 is 0 Å². The summed E-state index contributed by atoms with van der Waals surface area (Å²) in [4.78, 5) is 13.6. The summed E-state index contributed by atoms with van der Waals surface area (Å²) in [5.74, 6) is 1.14. The molecule has 0 saturated carbocycles. The van der Waals surface area contributed by atoms with Gasteiger partial charge >= 0.3 is 0 Å². The highest BCUT2D eigenvalue weighted by Crippen LogP contribution is 2.20. The fourth-order valence-corrected chi connectivity index (χ4v) is 3.18. The third-order valence-corrected chi connectivity index (χ3v) is 4.42. The van der Waals surface area contributed by atoms with Gasteiger partial charge in [-0.25, -0.2) is 4.98 Å². The zero-order chi connectivity index (χ0) is 15.4. The predicted octanol–water partition coefficient (Wildman–Crippen LogP) is 1.67. The van der Waals surface area contributed by atoms with Crippen molar-refractivity contribution in [3.05, 3.63) is 24.8 Å². The Kier molecular flexibility index (Phi) is 4.90. The minimum atomic E-state index is 0.563. The Bertz CT molecular complexity index is 599. The number of fused-ring (bicyclic) bond motifs is 1. The molecule has 1 fully saturated rings. The van der Waals surface area contributed by atoms with E-state index in [1.54, 1.807) is 6.20 Å². The molecule has 0 amide bonds. The van der Waals surface area contributed by atoms with Crippen LogP contribution in [0.25, 0.3) is 5.65 Å². The van der Waals surface area contributed by atoms with Gasteiger partial charge in [-0.2, -0.15) is 0 Å². The van der Waals surface area contributed by atoms with Gasteiger partial charge in [-0.15, -0.1) is 0 Å². The van der Waals surface area contributed by atoms with Gasteiger partial charge in [0.15, 0.2) is 5.65 Å². The Morgan fingerprint density at radius 3 is 3.00 bits per heavy atom. The molecule has 0 bridgehead atoms. The molecule has 1 saturated heterocycles. The number of hydrogen-bond donors (Lipinski definition) is 0. The molecule has 0 aromatic carbocycles. The Morgan fingerprint density at radius 2 is 2.18 bits per heavy atom.